The van der Waals surface area contributed by atoms with Crippen molar-refractivity contribution < 1.29 is 14.9 Å². The Hall–Kier alpha value is -1.30. The van der Waals surface area contributed by atoms with Crippen LogP contribution < -0.4 is 16.0 Å². The first kappa shape index (κ1) is 15.1. The smallest absolute Gasteiger partial charge is 0.278 e. The Kier molecular flexibility index (Phi) is 5.23. The summed E-state index contributed by atoms with van der Waals surface area (Å²) in [6, 6.07) is 4.45. The summed E-state index contributed by atoms with van der Waals surface area (Å²) in [4.78, 5) is 23.7. The maximum absolute atomic E-state index is 12.0. The Balaban J connectivity index is 1.97. The minimum Gasteiger partial charge on any atom is -0.351 e. The molecule has 1 atom stereocenters. The van der Waals surface area contributed by atoms with Crippen LogP contribution >= 0.6 is 23.2 Å². The number of carbonyl (C=O) groups is 2. The Morgan fingerprint density at radius 3 is 3.05 bits per heavy atom. The standard InChI is InChI=1S/C13H15Cl2N3O2/c14-8-2-3-9(15)10(6-8)18-12(19)7-11-13(20)17-5-1-4-16-11/h2-3,6,11,16H,1,4-5,7H2,(H,17,20)(H,18,19)/p+1/t11-/m0/s1. The van der Waals surface area contributed by atoms with Crippen molar-refractivity contribution in [2.75, 3.05) is 18.4 Å². The van der Waals surface area contributed by atoms with Gasteiger partial charge in [0.05, 0.1) is 23.7 Å². The van der Waals surface area contributed by atoms with Crippen LogP contribution in [0.25, 0.3) is 0 Å². The van der Waals surface area contributed by atoms with Gasteiger partial charge in [0.1, 0.15) is 0 Å². The minimum atomic E-state index is -0.393. The van der Waals surface area contributed by atoms with Crippen LogP contribution in [0.3, 0.4) is 0 Å². The van der Waals surface area contributed by atoms with E-state index < -0.39 is 6.04 Å². The third kappa shape index (κ3) is 4.10. The lowest BCUT2D eigenvalue weighted by Crippen LogP contribution is -2.92. The van der Waals surface area contributed by atoms with Crippen molar-refractivity contribution in [1.29, 1.82) is 0 Å². The van der Waals surface area contributed by atoms with Crippen LogP contribution in [0.5, 0.6) is 0 Å². The second kappa shape index (κ2) is 6.92. The topological polar surface area (TPSA) is 74.8 Å². The van der Waals surface area contributed by atoms with Crippen LogP contribution in [-0.2, 0) is 9.59 Å². The average molecular weight is 317 g/mol. The predicted octanol–water partition coefficient (Wildman–Crippen LogP) is 0.774. The molecule has 7 heteroatoms. The Morgan fingerprint density at radius 2 is 2.25 bits per heavy atom. The summed E-state index contributed by atoms with van der Waals surface area (Å²) in [5, 5.41) is 8.26. The van der Waals surface area contributed by atoms with Crippen LogP contribution in [0.2, 0.25) is 10.0 Å². The highest BCUT2D eigenvalue weighted by Gasteiger charge is 2.26. The lowest BCUT2D eigenvalue weighted by molar-refractivity contribution is -0.674. The number of anilines is 1. The third-order valence-electron chi connectivity index (χ3n) is 3.08. The molecule has 1 aliphatic rings. The molecule has 2 amide bonds. The van der Waals surface area contributed by atoms with Gasteiger partial charge in [0, 0.05) is 18.0 Å². The van der Waals surface area contributed by atoms with E-state index in [4.69, 9.17) is 23.2 Å². The fourth-order valence-electron chi connectivity index (χ4n) is 2.04. The van der Waals surface area contributed by atoms with Gasteiger partial charge in [0.2, 0.25) is 5.91 Å². The molecule has 0 bridgehead atoms. The van der Waals surface area contributed by atoms with Crippen LogP contribution in [-0.4, -0.2) is 30.9 Å². The van der Waals surface area contributed by atoms with E-state index in [2.05, 4.69) is 10.6 Å². The Morgan fingerprint density at radius 1 is 1.45 bits per heavy atom. The van der Waals surface area contributed by atoms with E-state index in [1.807, 2.05) is 5.32 Å². The highest BCUT2D eigenvalue weighted by Crippen LogP contribution is 2.25. The summed E-state index contributed by atoms with van der Waals surface area (Å²) in [6.45, 7) is 1.49. The molecule has 1 aliphatic heterocycles. The molecule has 1 saturated heterocycles. The number of nitrogens with two attached hydrogens (primary N) is 1. The van der Waals surface area contributed by atoms with Crippen molar-refractivity contribution in [2.45, 2.75) is 18.9 Å². The molecule has 0 aliphatic carbocycles. The molecule has 1 aromatic rings. The molecule has 1 heterocycles. The fraction of sp³-hybridized carbons (Fsp3) is 0.385. The van der Waals surface area contributed by atoms with Gasteiger partial charge in [-0.2, -0.15) is 0 Å². The van der Waals surface area contributed by atoms with E-state index in [0.717, 1.165) is 13.0 Å². The number of quaternary nitrogens is 1. The summed E-state index contributed by atoms with van der Waals surface area (Å²) in [5.41, 5.74) is 0.457. The first-order valence-corrected chi connectivity index (χ1v) is 7.18. The normalized spacial score (nSPS) is 19.1. The highest BCUT2D eigenvalue weighted by molar-refractivity contribution is 6.35. The van der Waals surface area contributed by atoms with Gasteiger partial charge in [-0.3, -0.25) is 9.59 Å². The molecule has 0 aromatic heterocycles. The summed E-state index contributed by atoms with van der Waals surface area (Å²) >= 11 is 11.8. The third-order valence-corrected chi connectivity index (χ3v) is 3.64. The van der Waals surface area contributed by atoms with Crippen molar-refractivity contribution >= 4 is 40.7 Å². The number of hydrogen-bond donors (Lipinski definition) is 3. The van der Waals surface area contributed by atoms with Crippen LogP contribution in [0.4, 0.5) is 5.69 Å². The molecular weight excluding hydrogens is 301 g/mol. The van der Waals surface area contributed by atoms with Crippen molar-refractivity contribution in [2.24, 2.45) is 0 Å². The minimum absolute atomic E-state index is 0.102. The summed E-state index contributed by atoms with van der Waals surface area (Å²) in [7, 11) is 0. The van der Waals surface area contributed by atoms with E-state index >= 15 is 0 Å². The van der Waals surface area contributed by atoms with Gasteiger partial charge in [0.15, 0.2) is 6.04 Å². The van der Waals surface area contributed by atoms with Gasteiger partial charge >= 0.3 is 0 Å². The predicted molar refractivity (Wildman–Crippen MR) is 77.9 cm³/mol. The van der Waals surface area contributed by atoms with Gasteiger partial charge in [-0.15, -0.1) is 0 Å². The molecule has 0 unspecified atom stereocenters. The molecule has 5 nitrogen and oxygen atoms in total. The number of amides is 2. The molecule has 2 rings (SSSR count). The van der Waals surface area contributed by atoms with Crippen molar-refractivity contribution in [3.05, 3.63) is 28.2 Å². The zero-order valence-corrected chi connectivity index (χ0v) is 12.3. The van der Waals surface area contributed by atoms with Crippen molar-refractivity contribution in [3.8, 4) is 0 Å². The van der Waals surface area contributed by atoms with Gasteiger partial charge in [-0.05, 0) is 18.2 Å². The fourth-order valence-corrected chi connectivity index (χ4v) is 2.38. The maximum atomic E-state index is 12.0. The molecule has 4 N–H and O–H groups in total. The second-order valence-corrected chi connectivity index (χ2v) is 5.50. The van der Waals surface area contributed by atoms with Crippen LogP contribution in [0, 0.1) is 0 Å². The summed E-state index contributed by atoms with van der Waals surface area (Å²) in [5.74, 6) is -0.359. The first-order chi connectivity index (χ1) is 9.56. The Bertz CT molecular complexity index is 522. The van der Waals surface area contributed by atoms with E-state index in [9.17, 15) is 9.59 Å². The maximum Gasteiger partial charge on any atom is 0.278 e. The van der Waals surface area contributed by atoms with Crippen LogP contribution in [0.1, 0.15) is 12.8 Å². The van der Waals surface area contributed by atoms with Gasteiger partial charge in [-0.25, -0.2) is 0 Å². The SMILES string of the molecule is O=C(C[C@@H]1[NH2+]CCCNC1=O)Nc1cc(Cl)ccc1Cl. The quantitative estimate of drug-likeness (QED) is 0.770. The van der Waals surface area contributed by atoms with Gasteiger partial charge in [0.25, 0.3) is 5.91 Å². The molecule has 0 radical (unpaired) electrons. The molecule has 0 saturated carbocycles. The molecule has 108 valence electrons. The zero-order valence-electron chi connectivity index (χ0n) is 10.8. The second-order valence-electron chi connectivity index (χ2n) is 4.65. The summed E-state index contributed by atoms with van der Waals surface area (Å²) < 4.78 is 0. The number of hydrogen-bond acceptors (Lipinski definition) is 2. The van der Waals surface area contributed by atoms with Gasteiger partial charge < -0.3 is 16.0 Å². The van der Waals surface area contributed by atoms with Crippen molar-refractivity contribution in [3.63, 3.8) is 0 Å². The average Bonchev–Trinajstić information content (AvgIpc) is 2.59. The lowest BCUT2D eigenvalue weighted by Gasteiger charge is -2.12. The molecule has 1 fully saturated rings. The van der Waals surface area contributed by atoms with E-state index in [1.54, 1.807) is 18.2 Å². The van der Waals surface area contributed by atoms with E-state index in [0.29, 0.717) is 22.3 Å². The molecule has 0 spiro atoms. The van der Waals surface area contributed by atoms with E-state index in [1.165, 1.54) is 0 Å². The number of rotatable bonds is 3. The molecule has 1 aromatic carbocycles. The van der Waals surface area contributed by atoms with E-state index in [-0.39, 0.29) is 18.2 Å². The largest absolute Gasteiger partial charge is 0.351 e. The number of carbonyl (C=O) groups excluding carboxylic acids is 2. The Labute approximate surface area is 127 Å². The number of benzene rings is 1. The molecule has 20 heavy (non-hydrogen) atoms. The first-order valence-electron chi connectivity index (χ1n) is 6.42. The van der Waals surface area contributed by atoms with Crippen molar-refractivity contribution in [1.82, 2.24) is 5.32 Å². The highest BCUT2D eigenvalue weighted by atomic mass is 35.5. The summed E-state index contributed by atoms with van der Waals surface area (Å²) in [6.07, 6.45) is 1.01. The molecular formula is C13H16Cl2N3O2+. The number of nitrogens with one attached hydrogen (secondary N) is 2. The number of halogens is 2. The van der Waals surface area contributed by atoms with Crippen LogP contribution in [0.15, 0.2) is 18.2 Å². The lowest BCUT2D eigenvalue weighted by atomic mass is 10.2. The zero-order chi connectivity index (χ0) is 14.5. The van der Waals surface area contributed by atoms with Gasteiger partial charge in [-0.1, -0.05) is 23.2 Å². The monoisotopic (exact) mass is 316 g/mol.